The van der Waals surface area contributed by atoms with Gasteiger partial charge in [-0.2, -0.15) is 0 Å². The zero-order valence-corrected chi connectivity index (χ0v) is 32.0. The highest BCUT2D eigenvalue weighted by Crippen LogP contribution is 2.47. The second-order valence-corrected chi connectivity index (χ2v) is 14.8. The molecule has 0 saturated carbocycles. The maximum Gasteiger partial charge on any atom is 0.130 e. The number of amidine groups is 1. The molecule has 276 valence electrons. The van der Waals surface area contributed by atoms with Gasteiger partial charge in [0, 0.05) is 5.56 Å². The van der Waals surface area contributed by atoms with Gasteiger partial charge in [0.25, 0.3) is 0 Å². The molecule has 3 nitrogen and oxygen atoms in total. The Balaban J connectivity index is 1.14. The van der Waals surface area contributed by atoms with Crippen LogP contribution in [-0.2, 0) is 6.54 Å². The van der Waals surface area contributed by atoms with Gasteiger partial charge >= 0.3 is 0 Å². The van der Waals surface area contributed by atoms with Gasteiger partial charge in [-0.15, -0.1) is 0 Å². The SMILES string of the molecule is NC(N/C(=N\Cc1ccccc1-c1ccccc1)c1ccc(-c2c3ccccc3c(-c3cccc4ccccc34)c3ccc4ccccc4c23)cc1)c1ccccc1. The normalized spacial score (nSPS) is 12.3. The van der Waals surface area contributed by atoms with Crippen molar-refractivity contribution in [2.75, 3.05) is 0 Å². The first-order valence-electron chi connectivity index (χ1n) is 19.9. The van der Waals surface area contributed by atoms with E-state index in [1.54, 1.807) is 0 Å². The molecule has 10 aromatic carbocycles. The van der Waals surface area contributed by atoms with Gasteiger partial charge in [0.2, 0.25) is 0 Å². The Hall–Kier alpha value is -7.33. The smallest absolute Gasteiger partial charge is 0.130 e. The highest BCUT2D eigenvalue weighted by atomic mass is 15.1. The fourth-order valence-electron chi connectivity index (χ4n) is 8.61. The molecular formula is C55H41N3. The number of aliphatic imine (C=N–C) groups is 1. The number of nitrogens with zero attached hydrogens (tertiary/aromatic N) is 1. The van der Waals surface area contributed by atoms with Crippen molar-refractivity contribution in [2.45, 2.75) is 12.7 Å². The second-order valence-electron chi connectivity index (χ2n) is 14.8. The van der Waals surface area contributed by atoms with Crippen LogP contribution >= 0.6 is 0 Å². The van der Waals surface area contributed by atoms with E-state index in [-0.39, 0.29) is 0 Å². The van der Waals surface area contributed by atoms with E-state index in [9.17, 15) is 0 Å². The van der Waals surface area contributed by atoms with Crippen LogP contribution in [0.15, 0.2) is 217 Å². The van der Waals surface area contributed by atoms with Gasteiger partial charge in [0.1, 0.15) is 12.0 Å². The fourth-order valence-corrected chi connectivity index (χ4v) is 8.61. The van der Waals surface area contributed by atoms with Crippen LogP contribution in [0.25, 0.3) is 76.5 Å². The van der Waals surface area contributed by atoms with Gasteiger partial charge < -0.3 is 11.1 Å². The van der Waals surface area contributed by atoms with Crippen molar-refractivity contribution in [3.05, 3.63) is 229 Å². The molecule has 0 radical (unpaired) electrons. The maximum absolute atomic E-state index is 6.83. The van der Waals surface area contributed by atoms with Crippen LogP contribution in [0.2, 0.25) is 0 Å². The van der Waals surface area contributed by atoms with Gasteiger partial charge in [-0.25, -0.2) is 0 Å². The zero-order chi connectivity index (χ0) is 38.8. The molecule has 0 aliphatic carbocycles. The number of hydrogen-bond acceptors (Lipinski definition) is 2. The van der Waals surface area contributed by atoms with Gasteiger partial charge in [-0.05, 0) is 87.6 Å². The molecule has 0 aromatic heterocycles. The molecule has 1 unspecified atom stereocenters. The van der Waals surface area contributed by atoms with E-state index in [0.29, 0.717) is 6.54 Å². The fraction of sp³-hybridized carbons (Fsp3) is 0.0364. The van der Waals surface area contributed by atoms with Crippen molar-refractivity contribution < 1.29 is 0 Å². The van der Waals surface area contributed by atoms with Crippen LogP contribution in [0.5, 0.6) is 0 Å². The third-order valence-corrected chi connectivity index (χ3v) is 11.4. The lowest BCUT2D eigenvalue weighted by molar-refractivity contribution is 0.679. The third-order valence-electron chi connectivity index (χ3n) is 11.4. The van der Waals surface area contributed by atoms with Gasteiger partial charge in [-0.1, -0.05) is 212 Å². The van der Waals surface area contributed by atoms with Crippen LogP contribution in [0.3, 0.4) is 0 Å². The predicted octanol–water partition coefficient (Wildman–Crippen LogP) is 13.5. The lowest BCUT2D eigenvalue weighted by Gasteiger charge is -2.21. The van der Waals surface area contributed by atoms with Crippen molar-refractivity contribution in [3.8, 4) is 33.4 Å². The summed E-state index contributed by atoms with van der Waals surface area (Å²) >= 11 is 0. The molecule has 0 saturated heterocycles. The third kappa shape index (κ3) is 6.48. The zero-order valence-electron chi connectivity index (χ0n) is 32.0. The van der Waals surface area contributed by atoms with E-state index in [4.69, 9.17) is 10.7 Å². The van der Waals surface area contributed by atoms with E-state index in [0.717, 1.165) is 28.1 Å². The lowest BCUT2D eigenvalue weighted by atomic mass is 9.83. The molecule has 3 heteroatoms. The maximum atomic E-state index is 6.83. The Morgan fingerprint density at radius 3 is 1.76 bits per heavy atom. The average molecular weight is 744 g/mol. The summed E-state index contributed by atoms with van der Waals surface area (Å²) in [4.78, 5) is 5.25. The molecule has 0 aliphatic rings. The number of nitrogens with two attached hydrogens (primary N) is 1. The standard InChI is InChI=1S/C55H41N3/c56-54(41-20-5-2-6-21-41)58-55(57-36-43-22-9-10-24-44(43)37-16-3-1-4-17-37)42-32-30-40(31-33-42)51-48-27-13-14-28-49(48)52(47-29-15-23-38-18-7-11-25-45(38)47)50-35-34-39-19-8-12-26-46(39)53(50)51/h1-35,54H,36,56H2,(H,57,58). The van der Waals surface area contributed by atoms with Gasteiger partial charge in [-0.3, -0.25) is 4.99 Å². The summed E-state index contributed by atoms with van der Waals surface area (Å²) in [5.41, 5.74) is 17.2. The summed E-state index contributed by atoms with van der Waals surface area (Å²) in [6.45, 7) is 0.494. The Labute approximate surface area is 338 Å². The molecule has 0 fully saturated rings. The Morgan fingerprint density at radius 1 is 0.431 bits per heavy atom. The number of hydrogen-bond donors (Lipinski definition) is 2. The molecule has 0 amide bonds. The molecule has 0 bridgehead atoms. The van der Waals surface area contributed by atoms with Crippen LogP contribution in [0, 0.1) is 0 Å². The molecule has 0 heterocycles. The molecule has 1 atom stereocenters. The van der Waals surface area contributed by atoms with Crippen LogP contribution in [-0.4, -0.2) is 5.84 Å². The van der Waals surface area contributed by atoms with Crippen LogP contribution < -0.4 is 11.1 Å². The van der Waals surface area contributed by atoms with Crippen LogP contribution in [0.1, 0.15) is 22.9 Å². The average Bonchev–Trinajstić information content (AvgIpc) is 3.30. The minimum absolute atomic E-state index is 0.440. The van der Waals surface area contributed by atoms with Crippen molar-refractivity contribution in [2.24, 2.45) is 10.7 Å². The lowest BCUT2D eigenvalue weighted by Crippen LogP contribution is -2.34. The van der Waals surface area contributed by atoms with E-state index in [2.05, 4.69) is 187 Å². The quantitative estimate of drug-likeness (QED) is 0.0535. The Bertz CT molecular complexity index is 3110. The highest BCUT2D eigenvalue weighted by molar-refractivity contribution is 6.29. The van der Waals surface area contributed by atoms with Crippen LogP contribution in [0.4, 0.5) is 0 Å². The van der Waals surface area contributed by atoms with Crippen molar-refractivity contribution in [3.63, 3.8) is 0 Å². The predicted molar refractivity (Wildman–Crippen MR) is 246 cm³/mol. The van der Waals surface area contributed by atoms with E-state index >= 15 is 0 Å². The molecule has 0 aliphatic heterocycles. The molecular weight excluding hydrogens is 703 g/mol. The number of rotatable bonds is 8. The van der Waals surface area contributed by atoms with E-state index in [1.165, 1.54) is 70.9 Å². The monoisotopic (exact) mass is 743 g/mol. The molecule has 10 aromatic rings. The highest BCUT2D eigenvalue weighted by Gasteiger charge is 2.20. The van der Waals surface area contributed by atoms with Gasteiger partial charge in [0.15, 0.2) is 0 Å². The summed E-state index contributed by atoms with van der Waals surface area (Å²) in [5, 5.41) is 13.5. The summed E-state index contributed by atoms with van der Waals surface area (Å²) < 4.78 is 0. The molecule has 10 rings (SSSR count). The van der Waals surface area contributed by atoms with E-state index < -0.39 is 6.17 Å². The van der Waals surface area contributed by atoms with Crippen molar-refractivity contribution in [1.82, 2.24) is 5.32 Å². The first-order chi connectivity index (χ1) is 28.7. The number of nitrogens with one attached hydrogen (secondary N) is 1. The van der Waals surface area contributed by atoms with E-state index in [1.807, 2.05) is 30.3 Å². The first kappa shape index (κ1) is 35.1. The van der Waals surface area contributed by atoms with Crippen molar-refractivity contribution in [1.29, 1.82) is 0 Å². The summed E-state index contributed by atoms with van der Waals surface area (Å²) in [5.74, 6) is 0.747. The molecule has 3 N–H and O–H groups in total. The largest absolute Gasteiger partial charge is 0.351 e. The number of fused-ring (bicyclic) bond motifs is 5. The minimum Gasteiger partial charge on any atom is -0.351 e. The molecule has 58 heavy (non-hydrogen) atoms. The second kappa shape index (κ2) is 15.3. The summed E-state index contributed by atoms with van der Waals surface area (Å²) in [7, 11) is 0. The Kier molecular flexibility index (Phi) is 9.27. The summed E-state index contributed by atoms with van der Waals surface area (Å²) in [6.07, 6.45) is -0.440. The summed E-state index contributed by atoms with van der Waals surface area (Å²) in [6, 6.07) is 75.6. The van der Waals surface area contributed by atoms with Crippen molar-refractivity contribution >= 4 is 48.9 Å². The van der Waals surface area contributed by atoms with Gasteiger partial charge in [0.05, 0.1) is 6.54 Å². The Morgan fingerprint density at radius 2 is 1.00 bits per heavy atom. The molecule has 0 spiro atoms. The first-order valence-corrected chi connectivity index (χ1v) is 19.9. The number of benzene rings is 10. The topological polar surface area (TPSA) is 50.4 Å². The minimum atomic E-state index is -0.440.